The van der Waals surface area contributed by atoms with Gasteiger partial charge in [0.2, 0.25) is 0 Å². The number of carbonyl (C=O) groups is 1. The lowest BCUT2D eigenvalue weighted by molar-refractivity contribution is -0.129. The molecule has 0 bridgehead atoms. The molecular formula is C21H21Cl2NO5. The summed E-state index contributed by atoms with van der Waals surface area (Å²) in [6, 6.07) is 10.2. The maximum absolute atomic E-state index is 11.5. The maximum atomic E-state index is 11.5. The molecule has 8 heteroatoms. The highest BCUT2D eigenvalue weighted by Gasteiger charge is 2.20. The Balaban J connectivity index is 1.73. The summed E-state index contributed by atoms with van der Waals surface area (Å²) in [5.41, 5.74) is 0.824. The van der Waals surface area contributed by atoms with Crippen LogP contribution in [0.3, 0.4) is 0 Å². The third kappa shape index (κ3) is 5.34. The molecule has 1 aliphatic rings. The van der Waals surface area contributed by atoms with E-state index in [2.05, 4.69) is 9.99 Å². The van der Waals surface area contributed by atoms with Gasteiger partial charge < -0.3 is 19.4 Å². The normalized spacial score (nSPS) is 14.2. The maximum Gasteiger partial charge on any atom is 0.358 e. The van der Waals surface area contributed by atoms with Crippen LogP contribution in [0.1, 0.15) is 30.4 Å². The van der Waals surface area contributed by atoms with E-state index < -0.39 is 5.97 Å². The Morgan fingerprint density at radius 1 is 1.17 bits per heavy atom. The fourth-order valence-electron chi connectivity index (χ4n) is 2.95. The number of oxime groups is 1. The molecule has 0 radical (unpaired) electrons. The molecule has 154 valence electrons. The van der Waals surface area contributed by atoms with Crippen LogP contribution < -0.4 is 9.47 Å². The van der Waals surface area contributed by atoms with Crippen LogP contribution in [-0.2, 0) is 16.2 Å². The third-order valence-corrected chi connectivity index (χ3v) is 5.27. The Kier molecular flexibility index (Phi) is 7.23. The summed E-state index contributed by atoms with van der Waals surface area (Å²) in [6.07, 6.45) is 3.57. The molecule has 0 unspecified atom stereocenters. The van der Waals surface area contributed by atoms with Gasteiger partial charge in [0.1, 0.15) is 19.5 Å². The fraction of sp³-hybridized carbons (Fsp3) is 0.333. The van der Waals surface area contributed by atoms with E-state index in [4.69, 9.17) is 32.7 Å². The minimum absolute atomic E-state index is 0.0983. The molecule has 0 aliphatic heterocycles. The first-order valence-corrected chi connectivity index (χ1v) is 9.92. The average molecular weight is 438 g/mol. The quantitative estimate of drug-likeness (QED) is 0.431. The second kappa shape index (κ2) is 9.85. The van der Waals surface area contributed by atoms with Crippen LogP contribution in [0.25, 0.3) is 0 Å². The van der Waals surface area contributed by atoms with Crippen LogP contribution in [0.2, 0.25) is 10.0 Å². The van der Waals surface area contributed by atoms with Crippen molar-refractivity contribution in [2.45, 2.75) is 25.9 Å². The summed E-state index contributed by atoms with van der Waals surface area (Å²) in [5, 5.41) is 13.7. The van der Waals surface area contributed by atoms with Gasteiger partial charge in [-0.2, -0.15) is 0 Å². The molecular weight excluding hydrogens is 417 g/mol. The molecule has 29 heavy (non-hydrogen) atoms. The van der Waals surface area contributed by atoms with Crippen molar-refractivity contribution in [3.05, 3.63) is 57.6 Å². The molecule has 1 N–H and O–H groups in total. The van der Waals surface area contributed by atoms with Gasteiger partial charge >= 0.3 is 5.97 Å². The number of carboxylic acids is 1. The highest BCUT2D eigenvalue weighted by atomic mass is 35.5. The molecule has 3 rings (SSSR count). The van der Waals surface area contributed by atoms with Crippen LogP contribution >= 0.6 is 23.2 Å². The number of carboxylic acid groups (broad SMARTS) is 1. The van der Waals surface area contributed by atoms with Gasteiger partial charge in [0.05, 0.1) is 16.7 Å². The summed E-state index contributed by atoms with van der Waals surface area (Å²) < 4.78 is 11.6. The zero-order valence-electron chi connectivity index (χ0n) is 15.9. The first-order valence-electron chi connectivity index (χ1n) is 9.17. The summed E-state index contributed by atoms with van der Waals surface area (Å²) >= 11 is 12.6. The van der Waals surface area contributed by atoms with E-state index in [0.717, 1.165) is 0 Å². The van der Waals surface area contributed by atoms with Crippen molar-refractivity contribution in [1.82, 2.24) is 0 Å². The largest absolute Gasteiger partial charge is 0.490 e. The summed E-state index contributed by atoms with van der Waals surface area (Å²) in [5.74, 6) is 0.268. The van der Waals surface area contributed by atoms with Gasteiger partial charge in [0.15, 0.2) is 11.5 Å². The second-order valence-corrected chi connectivity index (χ2v) is 7.51. The smallest absolute Gasteiger partial charge is 0.358 e. The molecule has 0 spiro atoms. The number of hydrogen-bond donors (Lipinski definition) is 1. The third-order valence-electron chi connectivity index (χ3n) is 4.71. The summed E-state index contributed by atoms with van der Waals surface area (Å²) in [7, 11) is 1.29. The zero-order chi connectivity index (χ0) is 20.8. The lowest BCUT2D eigenvalue weighted by atomic mass is 9.86. The fourth-order valence-corrected chi connectivity index (χ4v) is 3.53. The van der Waals surface area contributed by atoms with Crippen LogP contribution in [0.15, 0.2) is 41.6 Å². The lowest BCUT2D eigenvalue weighted by Gasteiger charge is -2.25. The number of halogens is 2. The SMILES string of the molecule is CO/N=C(/C(=O)O)c1ccccc1COc1cc(Cl)c(OCC2CCC2)c(Cl)c1. The predicted octanol–water partition coefficient (Wildman–Crippen LogP) is 5.19. The molecule has 1 saturated carbocycles. The van der Waals surface area contributed by atoms with E-state index in [9.17, 15) is 9.90 Å². The molecule has 0 saturated heterocycles. The number of ether oxygens (including phenoxy) is 2. The van der Waals surface area contributed by atoms with Crippen molar-refractivity contribution in [3.63, 3.8) is 0 Å². The van der Waals surface area contributed by atoms with Gasteiger partial charge in [-0.1, -0.05) is 59.0 Å². The highest BCUT2D eigenvalue weighted by molar-refractivity contribution is 6.42. The molecule has 0 aromatic heterocycles. The van der Waals surface area contributed by atoms with E-state index in [1.54, 1.807) is 36.4 Å². The van der Waals surface area contributed by atoms with Gasteiger partial charge in [-0.15, -0.1) is 0 Å². The van der Waals surface area contributed by atoms with Crippen LogP contribution in [-0.4, -0.2) is 30.5 Å². The van der Waals surface area contributed by atoms with Gasteiger partial charge in [-0.3, -0.25) is 0 Å². The zero-order valence-corrected chi connectivity index (χ0v) is 17.4. The topological polar surface area (TPSA) is 77.4 Å². The molecule has 6 nitrogen and oxygen atoms in total. The Morgan fingerprint density at radius 2 is 1.86 bits per heavy atom. The summed E-state index contributed by atoms with van der Waals surface area (Å²) in [4.78, 5) is 16.1. The van der Waals surface area contributed by atoms with Crippen molar-refractivity contribution in [3.8, 4) is 11.5 Å². The van der Waals surface area contributed by atoms with Crippen molar-refractivity contribution >= 4 is 34.9 Å². The van der Waals surface area contributed by atoms with Gasteiger partial charge in [-0.25, -0.2) is 4.79 Å². The molecule has 2 aromatic rings. The van der Waals surface area contributed by atoms with E-state index in [-0.39, 0.29) is 12.3 Å². The van der Waals surface area contributed by atoms with Crippen LogP contribution in [0, 0.1) is 5.92 Å². The number of benzene rings is 2. The van der Waals surface area contributed by atoms with Gasteiger partial charge in [0, 0.05) is 17.7 Å². The van der Waals surface area contributed by atoms with Crippen molar-refractivity contribution in [2.24, 2.45) is 11.1 Å². The second-order valence-electron chi connectivity index (χ2n) is 6.70. The number of aliphatic carboxylic acids is 1. The van der Waals surface area contributed by atoms with E-state index >= 15 is 0 Å². The predicted molar refractivity (Wildman–Crippen MR) is 111 cm³/mol. The molecule has 0 heterocycles. The Bertz CT molecular complexity index is 889. The molecule has 1 aliphatic carbocycles. The number of hydrogen-bond acceptors (Lipinski definition) is 5. The molecule has 0 amide bonds. The van der Waals surface area contributed by atoms with Crippen LogP contribution in [0.5, 0.6) is 11.5 Å². The average Bonchev–Trinajstić information content (AvgIpc) is 2.65. The van der Waals surface area contributed by atoms with Crippen molar-refractivity contribution < 1.29 is 24.2 Å². The number of rotatable bonds is 9. The standard InChI is InChI=1S/C21H21Cl2NO5/c1-27-24-19(21(25)26)16-8-3-2-7-14(16)12-28-15-9-17(22)20(18(23)10-15)29-11-13-5-4-6-13/h2-3,7-10,13H,4-6,11-12H2,1H3,(H,25,26)/b24-19+. The van der Waals surface area contributed by atoms with E-state index in [1.165, 1.54) is 26.4 Å². The minimum atomic E-state index is -1.20. The van der Waals surface area contributed by atoms with E-state index in [0.29, 0.717) is 45.2 Å². The summed E-state index contributed by atoms with van der Waals surface area (Å²) in [6.45, 7) is 0.699. The molecule has 1 fully saturated rings. The monoisotopic (exact) mass is 437 g/mol. The van der Waals surface area contributed by atoms with Gasteiger partial charge in [0.25, 0.3) is 0 Å². The first-order chi connectivity index (χ1) is 14.0. The Morgan fingerprint density at radius 3 is 2.45 bits per heavy atom. The first kappa shape index (κ1) is 21.3. The Labute approximate surface area is 179 Å². The Hall–Kier alpha value is -2.44. The minimum Gasteiger partial charge on any atom is -0.490 e. The van der Waals surface area contributed by atoms with E-state index in [1.807, 2.05) is 0 Å². The molecule has 0 atom stereocenters. The van der Waals surface area contributed by atoms with Gasteiger partial charge in [-0.05, 0) is 24.3 Å². The molecule has 2 aromatic carbocycles. The van der Waals surface area contributed by atoms with Crippen molar-refractivity contribution in [1.29, 1.82) is 0 Å². The van der Waals surface area contributed by atoms with Crippen LogP contribution in [0.4, 0.5) is 0 Å². The lowest BCUT2D eigenvalue weighted by Crippen LogP contribution is -2.19. The highest BCUT2D eigenvalue weighted by Crippen LogP contribution is 2.38. The van der Waals surface area contributed by atoms with Crippen molar-refractivity contribution in [2.75, 3.05) is 13.7 Å². The number of nitrogens with zero attached hydrogens (tertiary/aromatic N) is 1.